The van der Waals surface area contributed by atoms with Crippen LogP contribution in [0.3, 0.4) is 0 Å². The van der Waals surface area contributed by atoms with Crippen LogP contribution >= 0.6 is 0 Å². The Labute approximate surface area is 128 Å². The zero-order valence-electron chi connectivity index (χ0n) is 12.2. The van der Waals surface area contributed by atoms with Crippen LogP contribution in [0.5, 0.6) is 0 Å². The molecule has 0 saturated carbocycles. The highest BCUT2D eigenvalue weighted by Crippen LogP contribution is 2.17. The van der Waals surface area contributed by atoms with Crippen molar-refractivity contribution in [1.82, 2.24) is 4.57 Å². The normalized spacial score (nSPS) is 10.4. The van der Waals surface area contributed by atoms with Crippen molar-refractivity contribution in [1.29, 1.82) is 0 Å². The maximum absolute atomic E-state index is 12.7. The van der Waals surface area contributed by atoms with E-state index in [0.29, 0.717) is 16.8 Å². The van der Waals surface area contributed by atoms with Gasteiger partial charge in [0.15, 0.2) is 5.78 Å². The molecule has 0 N–H and O–H groups in total. The maximum Gasteiger partial charge on any atom is 0.255 e. The summed E-state index contributed by atoms with van der Waals surface area (Å²) in [6.07, 6.45) is 1.67. The van der Waals surface area contributed by atoms with Gasteiger partial charge in [-0.15, -0.1) is 0 Å². The van der Waals surface area contributed by atoms with Gasteiger partial charge in [-0.1, -0.05) is 48.0 Å². The van der Waals surface area contributed by atoms with Gasteiger partial charge in [-0.3, -0.25) is 14.2 Å². The molecule has 3 heteroatoms. The predicted octanol–water partition coefficient (Wildman–Crippen LogP) is 3.38. The smallest absolute Gasteiger partial charge is 0.255 e. The van der Waals surface area contributed by atoms with Crippen LogP contribution in [0.2, 0.25) is 0 Å². The molecule has 0 amide bonds. The van der Waals surface area contributed by atoms with Crippen LogP contribution in [-0.2, 0) is 0 Å². The molecule has 0 saturated heterocycles. The first kappa shape index (κ1) is 14.0. The first-order valence-electron chi connectivity index (χ1n) is 7.05. The lowest BCUT2D eigenvalue weighted by Crippen LogP contribution is -2.18. The molecule has 0 spiro atoms. The van der Waals surface area contributed by atoms with E-state index in [2.05, 4.69) is 0 Å². The van der Waals surface area contributed by atoms with Crippen LogP contribution in [0.15, 0.2) is 77.7 Å². The number of pyridine rings is 1. The van der Waals surface area contributed by atoms with Crippen LogP contribution in [0.4, 0.5) is 0 Å². The van der Waals surface area contributed by atoms with E-state index in [4.69, 9.17) is 0 Å². The van der Waals surface area contributed by atoms with Gasteiger partial charge in [0, 0.05) is 23.4 Å². The van der Waals surface area contributed by atoms with Gasteiger partial charge in [-0.05, 0) is 25.1 Å². The van der Waals surface area contributed by atoms with E-state index in [0.717, 1.165) is 5.56 Å². The van der Waals surface area contributed by atoms with Crippen LogP contribution in [0, 0.1) is 6.92 Å². The molecule has 1 aromatic heterocycles. The zero-order chi connectivity index (χ0) is 15.5. The predicted molar refractivity (Wildman–Crippen MR) is 86.7 cm³/mol. The van der Waals surface area contributed by atoms with Crippen LogP contribution < -0.4 is 5.56 Å². The summed E-state index contributed by atoms with van der Waals surface area (Å²) in [6.45, 7) is 1.98. The van der Waals surface area contributed by atoms with Crippen molar-refractivity contribution in [2.24, 2.45) is 0 Å². The summed E-state index contributed by atoms with van der Waals surface area (Å²) in [5.74, 6) is -0.0913. The van der Waals surface area contributed by atoms with Gasteiger partial charge in [0.1, 0.15) is 0 Å². The van der Waals surface area contributed by atoms with Gasteiger partial charge in [0.25, 0.3) is 5.56 Å². The fourth-order valence-corrected chi connectivity index (χ4v) is 2.36. The van der Waals surface area contributed by atoms with Crippen molar-refractivity contribution < 1.29 is 4.79 Å². The Bertz CT molecular complexity index is 876. The second-order valence-corrected chi connectivity index (χ2v) is 5.12. The molecular weight excluding hydrogens is 274 g/mol. The average Bonchev–Trinajstić information content (AvgIpc) is 2.55. The van der Waals surface area contributed by atoms with Crippen molar-refractivity contribution in [3.63, 3.8) is 0 Å². The van der Waals surface area contributed by atoms with E-state index in [-0.39, 0.29) is 11.3 Å². The molecule has 3 aromatic rings. The van der Waals surface area contributed by atoms with Gasteiger partial charge < -0.3 is 0 Å². The SMILES string of the molecule is Cc1ccc(C(=O)c2ccccc2-n2ccccc2=O)cc1. The van der Waals surface area contributed by atoms with E-state index in [1.165, 1.54) is 10.6 Å². The molecule has 3 nitrogen and oxygen atoms in total. The summed E-state index contributed by atoms with van der Waals surface area (Å²) >= 11 is 0. The van der Waals surface area contributed by atoms with E-state index >= 15 is 0 Å². The van der Waals surface area contributed by atoms with E-state index in [9.17, 15) is 9.59 Å². The third-order valence-electron chi connectivity index (χ3n) is 3.54. The number of carbonyl (C=O) groups excluding carboxylic acids is 1. The van der Waals surface area contributed by atoms with Crippen LogP contribution in [0.1, 0.15) is 21.5 Å². The number of para-hydroxylation sites is 1. The Balaban J connectivity index is 2.13. The molecule has 3 rings (SSSR count). The van der Waals surface area contributed by atoms with Crippen molar-refractivity contribution in [3.8, 4) is 5.69 Å². The van der Waals surface area contributed by atoms with Crippen LogP contribution in [-0.4, -0.2) is 10.4 Å². The number of ketones is 1. The minimum atomic E-state index is -0.161. The molecule has 0 aliphatic heterocycles. The first-order valence-corrected chi connectivity index (χ1v) is 7.05. The second-order valence-electron chi connectivity index (χ2n) is 5.12. The lowest BCUT2D eigenvalue weighted by Gasteiger charge is -2.11. The molecule has 0 atom stereocenters. The van der Waals surface area contributed by atoms with Crippen molar-refractivity contribution >= 4 is 5.78 Å². The Morgan fingerprint density at radius 2 is 1.55 bits per heavy atom. The highest BCUT2D eigenvalue weighted by molar-refractivity contribution is 6.11. The summed E-state index contributed by atoms with van der Waals surface area (Å²) in [6, 6.07) is 19.5. The molecule has 22 heavy (non-hydrogen) atoms. The highest BCUT2D eigenvalue weighted by atomic mass is 16.1. The fraction of sp³-hybridized carbons (Fsp3) is 0.0526. The Kier molecular flexibility index (Phi) is 3.71. The molecule has 0 aliphatic carbocycles. The van der Waals surface area contributed by atoms with E-state index in [1.807, 2.05) is 37.3 Å². The topological polar surface area (TPSA) is 39.1 Å². The van der Waals surface area contributed by atoms with Crippen molar-refractivity contribution in [2.75, 3.05) is 0 Å². The quantitative estimate of drug-likeness (QED) is 0.693. The molecule has 2 aromatic carbocycles. The lowest BCUT2D eigenvalue weighted by molar-refractivity contribution is 0.103. The van der Waals surface area contributed by atoms with Crippen molar-refractivity contribution in [2.45, 2.75) is 6.92 Å². The highest BCUT2D eigenvalue weighted by Gasteiger charge is 2.14. The Hall–Kier alpha value is -2.94. The van der Waals surface area contributed by atoms with Crippen LogP contribution in [0.25, 0.3) is 5.69 Å². The molecule has 0 aliphatic rings. The minimum Gasteiger partial charge on any atom is -0.289 e. The molecule has 0 bridgehead atoms. The summed E-state index contributed by atoms with van der Waals surface area (Å²) in [7, 11) is 0. The number of hydrogen-bond acceptors (Lipinski definition) is 2. The molecule has 1 heterocycles. The maximum atomic E-state index is 12.7. The number of aryl methyl sites for hydroxylation is 1. The third-order valence-corrected chi connectivity index (χ3v) is 3.54. The minimum absolute atomic E-state index is 0.0913. The summed E-state index contributed by atoms with van der Waals surface area (Å²) < 4.78 is 1.49. The van der Waals surface area contributed by atoms with Gasteiger partial charge in [-0.25, -0.2) is 0 Å². The van der Waals surface area contributed by atoms with E-state index in [1.54, 1.807) is 36.5 Å². The average molecular weight is 289 g/mol. The number of carbonyl (C=O) groups is 1. The molecular formula is C19H15NO2. The van der Waals surface area contributed by atoms with Crippen molar-refractivity contribution in [3.05, 3.63) is 100.0 Å². The monoisotopic (exact) mass is 289 g/mol. The zero-order valence-corrected chi connectivity index (χ0v) is 12.2. The number of hydrogen-bond donors (Lipinski definition) is 0. The fourth-order valence-electron chi connectivity index (χ4n) is 2.36. The van der Waals surface area contributed by atoms with E-state index < -0.39 is 0 Å². The van der Waals surface area contributed by atoms with Gasteiger partial charge in [-0.2, -0.15) is 0 Å². The molecule has 0 unspecified atom stereocenters. The van der Waals surface area contributed by atoms with Gasteiger partial charge in [0.05, 0.1) is 5.69 Å². The molecule has 108 valence electrons. The first-order chi connectivity index (χ1) is 10.7. The summed E-state index contributed by atoms with van der Waals surface area (Å²) in [5, 5.41) is 0. The number of nitrogens with zero attached hydrogens (tertiary/aromatic N) is 1. The number of aromatic nitrogens is 1. The molecule has 0 fully saturated rings. The standard InChI is InChI=1S/C19H15NO2/c1-14-9-11-15(12-10-14)19(22)16-6-2-3-7-17(16)20-13-5-4-8-18(20)21/h2-13H,1H3. The Morgan fingerprint density at radius 3 is 2.27 bits per heavy atom. The van der Waals surface area contributed by atoms with Gasteiger partial charge in [0.2, 0.25) is 0 Å². The number of benzene rings is 2. The third kappa shape index (κ3) is 2.61. The lowest BCUT2D eigenvalue weighted by atomic mass is 10.0. The Morgan fingerprint density at radius 1 is 0.864 bits per heavy atom. The molecule has 0 radical (unpaired) electrons. The summed E-state index contributed by atoms with van der Waals surface area (Å²) in [5.41, 5.74) is 2.66. The second kappa shape index (κ2) is 5.82. The number of rotatable bonds is 3. The largest absolute Gasteiger partial charge is 0.289 e. The summed E-state index contributed by atoms with van der Waals surface area (Å²) in [4.78, 5) is 24.8. The van der Waals surface area contributed by atoms with Gasteiger partial charge >= 0.3 is 0 Å².